The highest BCUT2D eigenvalue weighted by molar-refractivity contribution is 5.79. The summed E-state index contributed by atoms with van der Waals surface area (Å²) in [7, 11) is 0. The molecule has 2 aliphatic heterocycles. The Morgan fingerprint density at radius 1 is 1.21 bits per heavy atom. The number of piperidine rings is 1. The molecule has 1 saturated heterocycles. The maximum atomic E-state index is 12.6. The van der Waals surface area contributed by atoms with Crippen LogP contribution in [0, 0.1) is 5.92 Å². The quantitative estimate of drug-likeness (QED) is 0.835. The lowest BCUT2D eigenvalue weighted by atomic mass is 9.98. The topological polar surface area (TPSA) is 32.3 Å². The molecule has 1 atom stereocenters. The van der Waals surface area contributed by atoms with Gasteiger partial charge in [-0.1, -0.05) is 24.3 Å². The van der Waals surface area contributed by atoms with Gasteiger partial charge >= 0.3 is 0 Å². The van der Waals surface area contributed by atoms with Crippen LogP contribution in [-0.4, -0.2) is 30.4 Å². The smallest absolute Gasteiger partial charge is 0.227 e. The molecule has 102 valence electrons. The molecule has 3 heteroatoms. The number of aryl methyl sites for hydroxylation is 1. The first-order chi connectivity index (χ1) is 9.34. The Kier molecular flexibility index (Phi) is 3.83. The van der Waals surface area contributed by atoms with E-state index >= 15 is 0 Å². The van der Waals surface area contributed by atoms with Crippen molar-refractivity contribution in [3.8, 4) is 0 Å². The molecule has 1 aromatic rings. The molecule has 0 spiro atoms. The summed E-state index contributed by atoms with van der Waals surface area (Å²) in [6, 6.07) is 8.54. The van der Waals surface area contributed by atoms with Gasteiger partial charge in [-0.15, -0.1) is 0 Å². The van der Waals surface area contributed by atoms with E-state index in [-0.39, 0.29) is 5.92 Å². The van der Waals surface area contributed by atoms with E-state index in [4.69, 9.17) is 0 Å². The molecule has 1 N–H and O–H groups in total. The van der Waals surface area contributed by atoms with E-state index in [2.05, 4.69) is 34.5 Å². The van der Waals surface area contributed by atoms with Crippen molar-refractivity contribution in [2.24, 2.45) is 5.92 Å². The first-order valence-electron chi connectivity index (χ1n) is 7.41. The van der Waals surface area contributed by atoms with Crippen molar-refractivity contribution >= 4 is 5.91 Å². The second kappa shape index (κ2) is 5.74. The van der Waals surface area contributed by atoms with Crippen LogP contribution in [0.15, 0.2) is 24.3 Å². The molecule has 3 nitrogen and oxygen atoms in total. The Labute approximate surface area is 115 Å². The molecule has 0 aliphatic carbocycles. The van der Waals surface area contributed by atoms with Crippen LogP contribution in [0.4, 0.5) is 0 Å². The Balaban J connectivity index is 1.73. The van der Waals surface area contributed by atoms with Crippen LogP contribution in [0.3, 0.4) is 0 Å². The zero-order valence-electron chi connectivity index (χ0n) is 11.4. The molecule has 2 heterocycles. The zero-order chi connectivity index (χ0) is 13.1. The number of amides is 1. The monoisotopic (exact) mass is 258 g/mol. The van der Waals surface area contributed by atoms with Gasteiger partial charge in [0.1, 0.15) is 0 Å². The van der Waals surface area contributed by atoms with Crippen LogP contribution in [0.5, 0.6) is 0 Å². The summed E-state index contributed by atoms with van der Waals surface area (Å²) < 4.78 is 0. The summed E-state index contributed by atoms with van der Waals surface area (Å²) >= 11 is 0. The van der Waals surface area contributed by atoms with Crippen molar-refractivity contribution in [1.29, 1.82) is 0 Å². The summed E-state index contributed by atoms with van der Waals surface area (Å²) in [6.45, 7) is 3.62. The van der Waals surface area contributed by atoms with Crippen LogP contribution in [0.2, 0.25) is 0 Å². The van der Waals surface area contributed by atoms with Crippen molar-refractivity contribution < 1.29 is 4.79 Å². The first kappa shape index (κ1) is 12.7. The van der Waals surface area contributed by atoms with Gasteiger partial charge in [0.25, 0.3) is 0 Å². The summed E-state index contributed by atoms with van der Waals surface area (Å²) in [6.07, 6.45) is 4.36. The molecule has 0 radical (unpaired) electrons. The molecule has 1 amide bonds. The number of carbonyl (C=O) groups excluding carboxylic acids is 1. The molecular formula is C16H22N2O. The Morgan fingerprint density at radius 3 is 2.84 bits per heavy atom. The third-order valence-corrected chi connectivity index (χ3v) is 4.31. The SMILES string of the molecule is O=C([C@@H]1CCCNC1)N1CCCc2ccccc2C1. The number of hydrogen-bond acceptors (Lipinski definition) is 2. The van der Waals surface area contributed by atoms with Crippen molar-refractivity contribution in [1.82, 2.24) is 10.2 Å². The fraction of sp³-hybridized carbons (Fsp3) is 0.562. The van der Waals surface area contributed by atoms with Crippen molar-refractivity contribution in [2.75, 3.05) is 19.6 Å². The molecule has 1 aromatic carbocycles. The van der Waals surface area contributed by atoms with Gasteiger partial charge in [0.05, 0.1) is 5.92 Å². The third kappa shape index (κ3) is 2.81. The molecule has 0 bridgehead atoms. The number of benzene rings is 1. The van der Waals surface area contributed by atoms with Crippen molar-refractivity contribution in [2.45, 2.75) is 32.2 Å². The summed E-state index contributed by atoms with van der Waals surface area (Å²) in [5, 5.41) is 3.34. The van der Waals surface area contributed by atoms with E-state index in [0.29, 0.717) is 5.91 Å². The largest absolute Gasteiger partial charge is 0.338 e. The summed E-state index contributed by atoms with van der Waals surface area (Å²) in [5.41, 5.74) is 2.75. The van der Waals surface area contributed by atoms with Gasteiger partial charge < -0.3 is 10.2 Å². The van der Waals surface area contributed by atoms with Crippen LogP contribution >= 0.6 is 0 Å². The third-order valence-electron chi connectivity index (χ3n) is 4.31. The van der Waals surface area contributed by atoms with Gasteiger partial charge in [0.2, 0.25) is 5.91 Å². The molecule has 3 rings (SSSR count). The number of nitrogens with zero attached hydrogens (tertiary/aromatic N) is 1. The standard InChI is InChI=1S/C16H22N2O/c19-16(14-7-3-9-17-11-14)18-10-4-8-13-5-1-2-6-15(13)12-18/h1-2,5-6,14,17H,3-4,7-12H2/t14-/m1/s1. The van der Waals surface area contributed by atoms with Gasteiger partial charge in [0, 0.05) is 19.6 Å². The molecule has 2 aliphatic rings. The molecule has 1 fully saturated rings. The van der Waals surface area contributed by atoms with E-state index in [1.54, 1.807) is 0 Å². The van der Waals surface area contributed by atoms with Gasteiger partial charge in [-0.3, -0.25) is 4.79 Å². The molecule has 0 unspecified atom stereocenters. The lowest BCUT2D eigenvalue weighted by molar-refractivity contribution is -0.136. The Bertz CT molecular complexity index is 452. The second-order valence-corrected chi connectivity index (χ2v) is 5.68. The average Bonchev–Trinajstić information content (AvgIpc) is 2.69. The predicted molar refractivity (Wildman–Crippen MR) is 75.8 cm³/mol. The van der Waals surface area contributed by atoms with Gasteiger partial charge in [-0.05, 0) is 43.4 Å². The summed E-state index contributed by atoms with van der Waals surface area (Å²) in [5.74, 6) is 0.544. The van der Waals surface area contributed by atoms with Crippen molar-refractivity contribution in [3.63, 3.8) is 0 Å². The van der Waals surface area contributed by atoms with Gasteiger partial charge in [-0.25, -0.2) is 0 Å². The minimum Gasteiger partial charge on any atom is -0.338 e. The molecule has 0 saturated carbocycles. The van der Waals surface area contributed by atoms with Crippen LogP contribution in [0.25, 0.3) is 0 Å². The Hall–Kier alpha value is -1.35. The van der Waals surface area contributed by atoms with Gasteiger partial charge in [-0.2, -0.15) is 0 Å². The first-order valence-corrected chi connectivity index (χ1v) is 7.41. The fourth-order valence-electron chi connectivity index (χ4n) is 3.21. The number of rotatable bonds is 1. The van der Waals surface area contributed by atoms with E-state index in [9.17, 15) is 4.79 Å². The van der Waals surface area contributed by atoms with E-state index in [0.717, 1.165) is 51.9 Å². The van der Waals surface area contributed by atoms with Crippen LogP contribution in [0.1, 0.15) is 30.4 Å². The van der Waals surface area contributed by atoms with E-state index in [1.807, 2.05) is 0 Å². The predicted octanol–water partition coefficient (Wildman–Crippen LogP) is 1.96. The number of fused-ring (bicyclic) bond motifs is 1. The van der Waals surface area contributed by atoms with E-state index < -0.39 is 0 Å². The number of nitrogens with one attached hydrogen (secondary N) is 1. The van der Waals surface area contributed by atoms with E-state index in [1.165, 1.54) is 11.1 Å². The fourth-order valence-corrected chi connectivity index (χ4v) is 3.21. The molecule has 19 heavy (non-hydrogen) atoms. The van der Waals surface area contributed by atoms with Crippen LogP contribution < -0.4 is 5.32 Å². The van der Waals surface area contributed by atoms with Crippen molar-refractivity contribution in [3.05, 3.63) is 35.4 Å². The molecular weight excluding hydrogens is 236 g/mol. The number of carbonyl (C=O) groups is 1. The van der Waals surface area contributed by atoms with Gasteiger partial charge in [0.15, 0.2) is 0 Å². The lowest BCUT2D eigenvalue weighted by Crippen LogP contribution is -2.42. The highest BCUT2D eigenvalue weighted by Gasteiger charge is 2.27. The highest BCUT2D eigenvalue weighted by Crippen LogP contribution is 2.21. The second-order valence-electron chi connectivity index (χ2n) is 5.68. The Morgan fingerprint density at radius 2 is 2.05 bits per heavy atom. The molecule has 0 aromatic heterocycles. The minimum absolute atomic E-state index is 0.194. The maximum absolute atomic E-state index is 12.6. The average molecular weight is 258 g/mol. The maximum Gasteiger partial charge on any atom is 0.227 e. The van der Waals surface area contributed by atoms with Crippen LogP contribution in [-0.2, 0) is 17.8 Å². The zero-order valence-corrected chi connectivity index (χ0v) is 11.4. The minimum atomic E-state index is 0.194. The normalized spacial score (nSPS) is 23.6. The number of hydrogen-bond donors (Lipinski definition) is 1. The summed E-state index contributed by atoms with van der Waals surface area (Å²) in [4.78, 5) is 14.7. The lowest BCUT2D eigenvalue weighted by Gasteiger charge is -2.29. The highest BCUT2D eigenvalue weighted by atomic mass is 16.2.